The molecule has 0 amide bonds. The van der Waals surface area contributed by atoms with E-state index in [1.165, 1.54) is 57.8 Å². The third kappa shape index (κ3) is 2.69. The topological polar surface area (TPSA) is 26.0 Å². The molecule has 1 heteroatoms. The monoisotopic (exact) mass is 289 g/mol. The van der Waals surface area contributed by atoms with Gasteiger partial charge in [-0.2, -0.15) is 0 Å². The highest BCUT2D eigenvalue weighted by Gasteiger charge is 2.51. The third-order valence-corrected chi connectivity index (χ3v) is 7.88. The average molecular weight is 290 g/mol. The molecule has 4 bridgehead atoms. The van der Waals surface area contributed by atoms with Gasteiger partial charge in [0.15, 0.2) is 0 Å². The maximum Gasteiger partial charge on any atom is 0.00750 e. The first-order valence-electron chi connectivity index (χ1n) is 9.93. The van der Waals surface area contributed by atoms with E-state index in [1.807, 2.05) is 0 Å². The Bertz CT molecular complexity index is 339. The molecule has 0 aromatic rings. The molecule has 5 rings (SSSR count). The second-order valence-corrected chi connectivity index (χ2v) is 9.40. The normalized spacial score (nSPS) is 50.3. The molecule has 0 heterocycles. The molecular weight excluding hydrogens is 254 g/mol. The SMILES string of the molecule is CCC1CCCCC1C(N)CC12CC3CC(CC(C3)C1)C2. The highest BCUT2D eigenvalue weighted by atomic mass is 14.7. The van der Waals surface area contributed by atoms with E-state index < -0.39 is 0 Å². The van der Waals surface area contributed by atoms with E-state index >= 15 is 0 Å². The molecule has 0 saturated heterocycles. The Kier molecular flexibility index (Phi) is 3.84. The summed E-state index contributed by atoms with van der Waals surface area (Å²) in [5.41, 5.74) is 7.52. The molecule has 0 aliphatic heterocycles. The smallest absolute Gasteiger partial charge is 0.00750 e. The molecule has 120 valence electrons. The number of hydrogen-bond acceptors (Lipinski definition) is 1. The maximum absolute atomic E-state index is 6.84. The van der Waals surface area contributed by atoms with Crippen molar-refractivity contribution in [1.29, 1.82) is 0 Å². The van der Waals surface area contributed by atoms with Crippen LogP contribution in [0.3, 0.4) is 0 Å². The van der Waals surface area contributed by atoms with Crippen molar-refractivity contribution in [3.63, 3.8) is 0 Å². The summed E-state index contributed by atoms with van der Waals surface area (Å²) in [5, 5.41) is 0. The summed E-state index contributed by atoms with van der Waals surface area (Å²) in [6.07, 6.45) is 17.8. The van der Waals surface area contributed by atoms with Crippen LogP contribution in [-0.4, -0.2) is 6.04 Å². The molecule has 5 saturated carbocycles. The zero-order valence-electron chi connectivity index (χ0n) is 14.0. The molecule has 1 nitrogen and oxygen atoms in total. The van der Waals surface area contributed by atoms with E-state index in [1.54, 1.807) is 19.3 Å². The van der Waals surface area contributed by atoms with Crippen molar-refractivity contribution in [3.05, 3.63) is 0 Å². The van der Waals surface area contributed by atoms with Gasteiger partial charge in [0.2, 0.25) is 0 Å². The first-order valence-corrected chi connectivity index (χ1v) is 9.93. The minimum Gasteiger partial charge on any atom is -0.327 e. The van der Waals surface area contributed by atoms with E-state index in [0.29, 0.717) is 11.5 Å². The Morgan fingerprint density at radius 1 is 0.952 bits per heavy atom. The summed E-state index contributed by atoms with van der Waals surface area (Å²) >= 11 is 0. The number of rotatable bonds is 4. The Hall–Kier alpha value is -0.0400. The van der Waals surface area contributed by atoms with Crippen LogP contribution in [0.5, 0.6) is 0 Å². The first kappa shape index (κ1) is 14.5. The van der Waals surface area contributed by atoms with Gasteiger partial charge in [-0.1, -0.05) is 32.6 Å². The van der Waals surface area contributed by atoms with Crippen LogP contribution >= 0.6 is 0 Å². The van der Waals surface area contributed by atoms with Gasteiger partial charge >= 0.3 is 0 Å². The minimum atomic E-state index is 0.506. The lowest BCUT2D eigenvalue weighted by Gasteiger charge is -2.58. The van der Waals surface area contributed by atoms with Gasteiger partial charge in [0, 0.05) is 6.04 Å². The van der Waals surface area contributed by atoms with Gasteiger partial charge in [0.25, 0.3) is 0 Å². The minimum absolute atomic E-state index is 0.506. The van der Waals surface area contributed by atoms with Crippen LogP contribution < -0.4 is 5.73 Å². The van der Waals surface area contributed by atoms with Crippen molar-refractivity contribution in [3.8, 4) is 0 Å². The fraction of sp³-hybridized carbons (Fsp3) is 1.00. The molecule has 3 atom stereocenters. The van der Waals surface area contributed by atoms with Crippen LogP contribution in [-0.2, 0) is 0 Å². The zero-order valence-corrected chi connectivity index (χ0v) is 14.0. The average Bonchev–Trinajstić information content (AvgIpc) is 2.45. The molecule has 2 N–H and O–H groups in total. The van der Waals surface area contributed by atoms with Crippen LogP contribution in [0.15, 0.2) is 0 Å². The zero-order chi connectivity index (χ0) is 14.4. The molecule has 0 aromatic carbocycles. The lowest BCUT2D eigenvalue weighted by atomic mass is 9.48. The fourth-order valence-electron chi connectivity index (χ4n) is 7.50. The Balaban J connectivity index is 1.45. The van der Waals surface area contributed by atoms with E-state index in [2.05, 4.69) is 6.92 Å². The summed E-state index contributed by atoms with van der Waals surface area (Å²) in [7, 11) is 0. The first-order chi connectivity index (χ1) is 10.2. The molecule has 5 fully saturated rings. The van der Waals surface area contributed by atoms with Crippen molar-refractivity contribution < 1.29 is 0 Å². The lowest BCUT2D eigenvalue weighted by molar-refractivity contribution is -0.0651. The van der Waals surface area contributed by atoms with Crippen molar-refractivity contribution in [2.24, 2.45) is 40.7 Å². The summed E-state index contributed by atoms with van der Waals surface area (Å²) in [6, 6.07) is 0.506. The highest BCUT2D eigenvalue weighted by Crippen LogP contribution is 2.62. The Morgan fingerprint density at radius 3 is 2.10 bits per heavy atom. The molecule has 5 aliphatic carbocycles. The molecule has 0 spiro atoms. The van der Waals surface area contributed by atoms with Crippen LogP contribution in [0.4, 0.5) is 0 Å². The van der Waals surface area contributed by atoms with Gasteiger partial charge in [-0.05, 0) is 86.4 Å². The molecule has 3 unspecified atom stereocenters. The van der Waals surface area contributed by atoms with Crippen molar-refractivity contribution >= 4 is 0 Å². The lowest BCUT2D eigenvalue weighted by Crippen LogP contribution is -2.50. The van der Waals surface area contributed by atoms with E-state index in [0.717, 1.165) is 29.6 Å². The summed E-state index contributed by atoms with van der Waals surface area (Å²) in [4.78, 5) is 0. The van der Waals surface area contributed by atoms with Crippen LogP contribution in [0, 0.1) is 35.0 Å². The van der Waals surface area contributed by atoms with Gasteiger partial charge in [0.1, 0.15) is 0 Å². The predicted molar refractivity (Wildman–Crippen MR) is 88.9 cm³/mol. The van der Waals surface area contributed by atoms with Crippen molar-refractivity contribution in [1.82, 2.24) is 0 Å². The van der Waals surface area contributed by atoms with Crippen molar-refractivity contribution in [2.75, 3.05) is 0 Å². The van der Waals surface area contributed by atoms with Crippen molar-refractivity contribution in [2.45, 2.75) is 90.0 Å². The molecular formula is C20H35N. The second kappa shape index (κ2) is 5.55. The van der Waals surface area contributed by atoms with Crippen LogP contribution in [0.25, 0.3) is 0 Å². The standard InChI is InChI=1S/C20H35N/c1-2-17-5-3-4-6-18(17)19(21)13-20-10-14-7-15(11-20)9-16(8-14)12-20/h14-19H,2-13,21H2,1H3. The molecule has 21 heavy (non-hydrogen) atoms. The van der Waals surface area contributed by atoms with Crippen LogP contribution in [0.1, 0.15) is 84.0 Å². The predicted octanol–water partition coefficient (Wildman–Crippen LogP) is 5.14. The largest absolute Gasteiger partial charge is 0.327 e. The van der Waals surface area contributed by atoms with Crippen LogP contribution in [0.2, 0.25) is 0 Å². The van der Waals surface area contributed by atoms with Gasteiger partial charge in [-0.25, -0.2) is 0 Å². The fourth-order valence-corrected chi connectivity index (χ4v) is 7.50. The van der Waals surface area contributed by atoms with Gasteiger partial charge < -0.3 is 5.73 Å². The quantitative estimate of drug-likeness (QED) is 0.762. The summed E-state index contributed by atoms with van der Waals surface area (Å²) in [5.74, 6) is 5.02. The summed E-state index contributed by atoms with van der Waals surface area (Å²) < 4.78 is 0. The van der Waals surface area contributed by atoms with Gasteiger partial charge in [-0.15, -0.1) is 0 Å². The number of hydrogen-bond donors (Lipinski definition) is 1. The Morgan fingerprint density at radius 2 is 1.52 bits per heavy atom. The molecule has 0 aromatic heterocycles. The number of nitrogens with two attached hydrogens (primary N) is 1. The van der Waals surface area contributed by atoms with Gasteiger partial charge in [-0.3, -0.25) is 0 Å². The highest BCUT2D eigenvalue weighted by molar-refractivity contribution is 5.03. The van der Waals surface area contributed by atoms with E-state index in [-0.39, 0.29) is 0 Å². The summed E-state index contributed by atoms with van der Waals surface area (Å²) in [6.45, 7) is 2.39. The van der Waals surface area contributed by atoms with E-state index in [4.69, 9.17) is 5.73 Å². The molecule has 0 radical (unpaired) electrons. The Labute approximate surface area is 131 Å². The molecule has 5 aliphatic rings. The third-order valence-electron chi connectivity index (χ3n) is 7.88. The van der Waals surface area contributed by atoms with Gasteiger partial charge in [0.05, 0.1) is 0 Å². The maximum atomic E-state index is 6.84. The van der Waals surface area contributed by atoms with E-state index in [9.17, 15) is 0 Å². The second-order valence-electron chi connectivity index (χ2n) is 9.40.